The number of amides is 1. The number of hydrogen-bond acceptors (Lipinski definition) is 7. The second kappa shape index (κ2) is 12.0. The Kier molecular flexibility index (Phi) is 7.57. The molecule has 5 heterocycles. The predicted molar refractivity (Wildman–Crippen MR) is 172 cm³/mol. The van der Waals surface area contributed by atoms with Gasteiger partial charge in [-0.2, -0.15) is 5.10 Å². The highest BCUT2D eigenvalue weighted by atomic mass is 16.5. The molecule has 10 nitrogen and oxygen atoms in total. The molecule has 0 radical (unpaired) electrons. The third kappa shape index (κ3) is 5.56. The molecule has 0 bridgehead atoms. The number of nitrogens with zero attached hydrogens (tertiary/aromatic N) is 6. The van der Waals surface area contributed by atoms with Crippen molar-refractivity contribution in [2.45, 2.75) is 45.3 Å². The molecular weight excluding hydrogens is 552 g/mol. The summed E-state index contributed by atoms with van der Waals surface area (Å²) in [4.78, 5) is 34.0. The summed E-state index contributed by atoms with van der Waals surface area (Å²) in [5.74, 6) is 1.09. The number of aliphatic imine (C=N–C) groups is 1. The Bertz CT molecular complexity index is 1910. The summed E-state index contributed by atoms with van der Waals surface area (Å²) in [6.07, 6.45) is 15.7. The summed E-state index contributed by atoms with van der Waals surface area (Å²) >= 11 is 0. The Morgan fingerprint density at radius 1 is 1.18 bits per heavy atom. The summed E-state index contributed by atoms with van der Waals surface area (Å²) in [6.45, 7) is 6.96. The van der Waals surface area contributed by atoms with E-state index < -0.39 is 0 Å². The Hall–Kier alpha value is -4.96. The largest absolute Gasteiger partial charge is 0.356 e. The van der Waals surface area contributed by atoms with Crippen molar-refractivity contribution >= 4 is 40.1 Å². The number of ether oxygens (including phenoxy) is 1. The molecule has 222 valence electrons. The highest BCUT2D eigenvalue weighted by Gasteiger charge is 2.25. The number of carbonyl (C=O) groups excluding carboxylic acids is 1. The lowest BCUT2D eigenvalue weighted by Gasteiger charge is -2.23. The normalized spacial score (nSPS) is 17.7. The Morgan fingerprint density at radius 3 is 2.86 bits per heavy atom. The maximum Gasteiger partial charge on any atom is 0.252 e. The van der Waals surface area contributed by atoms with Gasteiger partial charge < -0.3 is 15.0 Å². The number of nitrogens with one attached hydrogen (secondary N) is 2. The van der Waals surface area contributed by atoms with Gasteiger partial charge in [-0.15, -0.1) is 0 Å². The number of pyridine rings is 2. The van der Waals surface area contributed by atoms with Gasteiger partial charge in [0.2, 0.25) is 0 Å². The molecule has 0 spiro atoms. The molecule has 2 fully saturated rings. The van der Waals surface area contributed by atoms with Crippen molar-refractivity contribution in [2.75, 3.05) is 13.2 Å². The highest BCUT2D eigenvalue weighted by Crippen LogP contribution is 2.36. The number of imidazole rings is 1. The minimum Gasteiger partial charge on any atom is -0.356 e. The fourth-order valence-corrected chi connectivity index (χ4v) is 5.71. The van der Waals surface area contributed by atoms with Crippen molar-refractivity contribution in [1.82, 2.24) is 35.0 Å². The predicted octanol–water partition coefficient (Wildman–Crippen LogP) is 6.25. The third-order valence-electron chi connectivity index (χ3n) is 8.29. The molecule has 1 unspecified atom stereocenters. The van der Waals surface area contributed by atoms with Gasteiger partial charge in [-0.25, -0.2) is 9.67 Å². The number of fused-ring (bicyclic) bond motifs is 2. The van der Waals surface area contributed by atoms with Crippen LogP contribution in [0.1, 0.15) is 50.8 Å². The SMILES string of the molecule is C=N/C=C(\C=C(/C)c1ccc2c(c1)c(-c1nc3c(-c4cccnc4)cncc3[nH]1)nn2C1CCCCO1)C(=O)NCC1CC1. The van der Waals surface area contributed by atoms with E-state index in [1.807, 2.05) is 42.2 Å². The molecule has 2 aliphatic rings. The topological polar surface area (TPSA) is 123 Å². The zero-order valence-electron chi connectivity index (χ0n) is 24.7. The Labute approximate surface area is 255 Å². The van der Waals surface area contributed by atoms with E-state index >= 15 is 0 Å². The first-order chi connectivity index (χ1) is 21.6. The van der Waals surface area contributed by atoms with E-state index in [-0.39, 0.29) is 12.1 Å². The second-order valence-electron chi connectivity index (χ2n) is 11.5. The third-order valence-corrected chi connectivity index (χ3v) is 8.29. The van der Waals surface area contributed by atoms with Gasteiger partial charge in [-0.3, -0.25) is 19.8 Å². The standard InChI is InChI=1S/C34H34N8O2/c1-21(14-25(17-35-2)34(43)38-16-22-8-9-22)23-10-11-29-26(15-23)32(41-42(29)30-7-3-4-13-44-30)33-39-28-20-37-19-27(31(28)40-33)24-6-5-12-36-18-24/h5-6,10-12,14-15,17-20,22,30H,2-4,7-9,13,16H2,1H3,(H,38,43)(H,39,40)/b21-14+,25-17+. The van der Waals surface area contributed by atoms with Gasteiger partial charge in [0, 0.05) is 54.5 Å². The molecule has 1 aromatic carbocycles. The zero-order chi connectivity index (χ0) is 30.0. The minimum absolute atomic E-state index is 0.145. The fourth-order valence-electron chi connectivity index (χ4n) is 5.71. The second-order valence-corrected chi connectivity index (χ2v) is 11.5. The summed E-state index contributed by atoms with van der Waals surface area (Å²) in [6, 6.07) is 10.1. The smallest absolute Gasteiger partial charge is 0.252 e. The summed E-state index contributed by atoms with van der Waals surface area (Å²) in [7, 11) is 0. The molecular formula is C34H34N8O2. The van der Waals surface area contributed by atoms with Crippen molar-refractivity contribution in [3.8, 4) is 22.6 Å². The highest BCUT2D eigenvalue weighted by molar-refractivity contribution is 6.00. The Balaban J connectivity index is 1.32. The minimum atomic E-state index is -0.150. The van der Waals surface area contributed by atoms with Crippen molar-refractivity contribution in [1.29, 1.82) is 0 Å². The first-order valence-electron chi connectivity index (χ1n) is 15.1. The number of rotatable bonds is 9. The van der Waals surface area contributed by atoms with E-state index in [1.165, 1.54) is 19.0 Å². The maximum atomic E-state index is 12.9. The van der Waals surface area contributed by atoms with E-state index in [9.17, 15) is 4.79 Å². The average Bonchev–Trinajstić information content (AvgIpc) is 3.67. The van der Waals surface area contributed by atoms with Gasteiger partial charge in [0.1, 0.15) is 11.2 Å². The van der Waals surface area contributed by atoms with Crippen LogP contribution in [0.5, 0.6) is 0 Å². The monoisotopic (exact) mass is 586 g/mol. The van der Waals surface area contributed by atoms with E-state index in [1.54, 1.807) is 12.4 Å². The van der Waals surface area contributed by atoms with Crippen LogP contribution in [0, 0.1) is 5.92 Å². The van der Waals surface area contributed by atoms with E-state index in [4.69, 9.17) is 14.8 Å². The van der Waals surface area contributed by atoms with Crippen LogP contribution >= 0.6 is 0 Å². The van der Waals surface area contributed by atoms with Crippen LogP contribution in [-0.4, -0.2) is 55.5 Å². The van der Waals surface area contributed by atoms with Crippen LogP contribution in [0.3, 0.4) is 0 Å². The molecule has 1 aliphatic heterocycles. The number of aromatic nitrogens is 6. The lowest BCUT2D eigenvalue weighted by Crippen LogP contribution is -2.26. The van der Waals surface area contributed by atoms with Crippen LogP contribution in [0.4, 0.5) is 0 Å². The number of carbonyl (C=O) groups is 1. The van der Waals surface area contributed by atoms with Crippen molar-refractivity contribution in [2.24, 2.45) is 10.9 Å². The van der Waals surface area contributed by atoms with Gasteiger partial charge in [-0.05, 0) is 87.1 Å². The number of aromatic amines is 1. The molecule has 1 amide bonds. The molecule has 1 saturated carbocycles. The summed E-state index contributed by atoms with van der Waals surface area (Å²) in [5, 5.41) is 9.06. The van der Waals surface area contributed by atoms with Crippen molar-refractivity contribution < 1.29 is 9.53 Å². The van der Waals surface area contributed by atoms with Gasteiger partial charge in [-0.1, -0.05) is 12.1 Å². The van der Waals surface area contributed by atoms with Gasteiger partial charge >= 0.3 is 0 Å². The summed E-state index contributed by atoms with van der Waals surface area (Å²) < 4.78 is 8.14. The van der Waals surface area contributed by atoms with Crippen LogP contribution in [-0.2, 0) is 9.53 Å². The van der Waals surface area contributed by atoms with Gasteiger partial charge in [0.25, 0.3) is 5.91 Å². The maximum absolute atomic E-state index is 12.9. The molecule has 5 aromatic rings. The zero-order valence-corrected chi connectivity index (χ0v) is 24.7. The summed E-state index contributed by atoms with van der Waals surface area (Å²) in [5.41, 5.74) is 7.49. The lowest BCUT2D eigenvalue weighted by molar-refractivity contribution is -0.117. The van der Waals surface area contributed by atoms with Crippen molar-refractivity contribution in [3.05, 3.63) is 78.5 Å². The molecule has 10 heteroatoms. The molecule has 2 N–H and O–H groups in total. The quantitative estimate of drug-likeness (QED) is 0.120. The average molecular weight is 587 g/mol. The number of allylic oxidation sites excluding steroid dienone is 1. The molecule has 1 atom stereocenters. The van der Waals surface area contributed by atoms with Crippen LogP contribution < -0.4 is 5.32 Å². The number of benzene rings is 1. The van der Waals surface area contributed by atoms with Crippen LogP contribution in [0.15, 0.2) is 78.0 Å². The van der Waals surface area contributed by atoms with Crippen LogP contribution in [0.2, 0.25) is 0 Å². The first-order valence-corrected chi connectivity index (χ1v) is 15.1. The molecule has 1 aliphatic carbocycles. The molecule has 1 saturated heterocycles. The van der Waals surface area contributed by atoms with Gasteiger partial charge in [0.05, 0.1) is 22.8 Å². The van der Waals surface area contributed by atoms with E-state index in [0.717, 1.165) is 69.2 Å². The number of H-pyrrole nitrogens is 1. The van der Waals surface area contributed by atoms with E-state index in [2.05, 4.69) is 50.2 Å². The molecule has 44 heavy (non-hydrogen) atoms. The molecule has 7 rings (SSSR count). The van der Waals surface area contributed by atoms with Crippen molar-refractivity contribution in [3.63, 3.8) is 0 Å². The fraction of sp³-hybridized carbons (Fsp3) is 0.294. The lowest BCUT2D eigenvalue weighted by atomic mass is 10.0. The van der Waals surface area contributed by atoms with Gasteiger partial charge in [0.15, 0.2) is 12.1 Å². The van der Waals surface area contributed by atoms with E-state index in [0.29, 0.717) is 30.5 Å². The Morgan fingerprint density at radius 2 is 2.09 bits per heavy atom. The first kappa shape index (κ1) is 27.8. The molecule has 4 aromatic heterocycles. The van der Waals surface area contributed by atoms with Crippen LogP contribution in [0.25, 0.3) is 50.2 Å². The number of hydrogen-bond donors (Lipinski definition) is 2.